The summed E-state index contributed by atoms with van der Waals surface area (Å²) in [6.07, 6.45) is 5.51. The van der Waals surface area contributed by atoms with Gasteiger partial charge in [0.25, 0.3) is 0 Å². The third kappa shape index (κ3) is 4.92. The highest BCUT2D eigenvalue weighted by Gasteiger charge is 2.24. The SMILES string of the molecule is O=C(Nc1cccc(F)c1)N1CCC(OC[C@@H]2CCCCO2)CC1. The van der Waals surface area contributed by atoms with Crippen LogP contribution >= 0.6 is 0 Å². The van der Waals surface area contributed by atoms with Crippen LogP contribution in [0, 0.1) is 5.82 Å². The van der Waals surface area contributed by atoms with Crippen molar-refractivity contribution in [2.45, 2.75) is 44.3 Å². The van der Waals surface area contributed by atoms with E-state index in [1.54, 1.807) is 17.0 Å². The van der Waals surface area contributed by atoms with E-state index in [4.69, 9.17) is 9.47 Å². The number of anilines is 1. The van der Waals surface area contributed by atoms with Crippen molar-refractivity contribution in [1.82, 2.24) is 4.90 Å². The fraction of sp³-hybridized carbons (Fsp3) is 0.611. The number of hydrogen-bond acceptors (Lipinski definition) is 3. The lowest BCUT2D eigenvalue weighted by atomic mass is 10.1. The molecule has 3 rings (SSSR count). The molecule has 5 nitrogen and oxygen atoms in total. The van der Waals surface area contributed by atoms with Crippen molar-refractivity contribution in [3.63, 3.8) is 0 Å². The van der Waals surface area contributed by atoms with Gasteiger partial charge < -0.3 is 19.7 Å². The number of ether oxygens (including phenoxy) is 2. The molecular formula is C18H25FN2O3. The molecule has 6 heteroatoms. The van der Waals surface area contributed by atoms with E-state index in [0.29, 0.717) is 25.4 Å². The number of urea groups is 1. The minimum Gasteiger partial charge on any atom is -0.376 e. The number of carbonyl (C=O) groups excluding carboxylic acids is 1. The summed E-state index contributed by atoms with van der Waals surface area (Å²) in [6.45, 7) is 2.79. The van der Waals surface area contributed by atoms with Gasteiger partial charge in [-0.2, -0.15) is 0 Å². The standard InChI is InChI=1S/C18H25FN2O3/c19-14-4-3-5-15(12-14)20-18(22)21-9-7-16(8-10-21)24-13-17-6-1-2-11-23-17/h3-5,12,16-17H,1-2,6-11,13H2,(H,20,22)/t17-/m0/s1. The lowest BCUT2D eigenvalue weighted by Crippen LogP contribution is -2.43. The molecule has 132 valence electrons. The fourth-order valence-corrected chi connectivity index (χ4v) is 3.18. The Bertz CT molecular complexity index is 541. The van der Waals surface area contributed by atoms with E-state index in [9.17, 15) is 9.18 Å². The first kappa shape index (κ1) is 17.2. The number of benzene rings is 1. The van der Waals surface area contributed by atoms with Crippen LogP contribution in [0.5, 0.6) is 0 Å². The first-order valence-corrected chi connectivity index (χ1v) is 8.75. The molecule has 0 saturated carbocycles. The summed E-state index contributed by atoms with van der Waals surface area (Å²) in [7, 11) is 0. The van der Waals surface area contributed by atoms with Gasteiger partial charge in [0.15, 0.2) is 0 Å². The molecule has 2 aliphatic rings. The highest BCUT2D eigenvalue weighted by molar-refractivity contribution is 5.89. The van der Waals surface area contributed by atoms with E-state index in [1.165, 1.54) is 18.6 Å². The summed E-state index contributed by atoms with van der Waals surface area (Å²) >= 11 is 0. The van der Waals surface area contributed by atoms with Gasteiger partial charge in [0, 0.05) is 25.4 Å². The first-order valence-electron chi connectivity index (χ1n) is 8.75. The van der Waals surface area contributed by atoms with Crippen molar-refractivity contribution in [2.75, 3.05) is 31.6 Å². The van der Waals surface area contributed by atoms with Gasteiger partial charge in [0.1, 0.15) is 5.82 Å². The Morgan fingerprint density at radius 2 is 2.12 bits per heavy atom. The van der Waals surface area contributed by atoms with E-state index in [1.807, 2.05) is 0 Å². The third-order valence-corrected chi connectivity index (χ3v) is 4.60. The van der Waals surface area contributed by atoms with Crippen LogP contribution in [0.25, 0.3) is 0 Å². The molecule has 2 heterocycles. The van der Waals surface area contributed by atoms with Gasteiger partial charge in [-0.1, -0.05) is 6.07 Å². The summed E-state index contributed by atoms with van der Waals surface area (Å²) in [6, 6.07) is 5.75. The molecule has 2 fully saturated rings. The molecular weight excluding hydrogens is 311 g/mol. The van der Waals surface area contributed by atoms with Crippen LogP contribution in [0.4, 0.5) is 14.9 Å². The monoisotopic (exact) mass is 336 g/mol. The van der Waals surface area contributed by atoms with Gasteiger partial charge in [-0.25, -0.2) is 9.18 Å². The lowest BCUT2D eigenvalue weighted by molar-refractivity contribution is -0.0726. The molecule has 0 spiro atoms. The van der Waals surface area contributed by atoms with Crippen molar-refractivity contribution < 1.29 is 18.7 Å². The van der Waals surface area contributed by atoms with E-state index in [-0.39, 0.29) is 24.1 Å². The molecule has 2 aliphatic heterocycles. The Kier molecular flexibility index (Phi) is 6.04. The molecule has 2 amide bonds. The Labute approximate surface area is 142 Å². The van der Waals surface area contributed by atoms with Crippen molar-refractivity contribution in [3.05, 3.63) is 30.1 Å². The molecule has 24 heavy (non-hydrogen) atoms. The normalized spacial score (nSPS) is 22.4. The maximum absolute atomic E-state index is 13.2. The van der Waals surface area contributed by atoms with Crippen LogP contribution in [-0.2, 0) is 9.47 Å². The third-order valence-electron chi connectivity index (χ3n) is 4.60. The number of hydrogen-bond donors (Lipinski definition) is 1. The summed E-state index contributed by atoms with van der Waals surface area (Å²) in [5.74, 6) is -0.357. The molecule has 1 aromatic rings. The number of piperidine rings is 1. The predicted molar refractivity (Wildman–Crippen MR) is 89.6 cm³/mol. The minimum absolute atomic E-state index is 0.185. The summed E-state index contributed by atoms with van der Waals surface area (Å²) in [5.41, 5.74) is 0.479. The Hall–Kier alpha value is -1.66. The maximum atomic E-state index is 13.2. The Morgan fingerprint density at radius 3 is 2.83 bits per heavy atom. The van der Waals surface area contributed by atoms with Crippen LogP contribution in [0.2, 0.25) is 0 Å². The molecule has 0 aliphatic carbocycles. The van der Waals surface area contributed by atoms with E-state index >= 15 is 0 Å². The van der Waals surface area contributed by atoms with E-state index < -0.39 is 0 Å². The second-order valence-electron chi connectivity index (χ2n) is 6.45. The van der Waals surface area contributed by atoms with Crippen LogP contribution < -0.4 is 5.32 Å². The zero-order valence-corrected chi connectivity index (χ0v) is 13.9. The molecule has 0 radical (unpaired) electrons. The number of carbonyl (C=O) groups is 1. The topological polar surface area (TPSA) is 50.8 Å². The number of nitrogens with one attached hydrogen (secondary N) is 1. The Morgan fingerprint density at radius 1 is 1.29 bits per heavy atom. The first-order chi connectivity index (χ1) is 11.7. The van der Waals surface area contributed by atoms with Crippen molar-refractivity contribution in [3.8, 4) is 0 Å². The molecule has 1 N–H and O–H groups in total. The number of likely N-dealkylation sites (tertiary alicyclic amines) is 1. The second-order valence-corrected chi connectivity index (χ2v) is 6.45. The molecule has 0 bridgehead atoms. The van der Waals surface area contributed by atoms with Crippen LogP contribution in [0.1, 0.15) is 32.1 Å². The van der Waals surface area contributed by atoms with Crippen LogP contribution in [0.3, 0.4) is 0 Å². The summed E-state index contributed by atoms with van der Waals surface area (Å²) in [5, 5.41) is 2.74. The van der Waals surface area contributed by atoms with Gasteiger partial charge in [-0.15, -0.1) is 0 Å². The second kappa shape index (κ2) is 8.44. The minimum atomic E-state index is -0.357. The lowest BCUT2D eigenvalue weighted by Gasteiger charge is -2.33. The molecule has 1 atom stereocenters. The average Bonchev–Trinajstić information content (AvgIpc) is 2.61. The fourth-order valence-electron chi connectivity index (χ4n) is 3.18. The molecule has 2 saturated heterocycles. The summed E-state index contributed by atoms with van der Waals surface area (Å²) in [4.78, 5) is 14.0. The van der Waals surface area contributed by atoms with Gasteiger partial charge in [-0.3, -0.25) is 0 Å². The smallest absolute Gasteiger partial charge is 0.321 e. The molecule has 0 unspecified atom stereocenters. The largest absolute Gasteiger partial charge is 0.376 e. The van der Waals surface area contributed by atoms with E-state index in [2.05, 4.69) is 5.32 Å². The highest BCUT2D eigenvalue weighted by atomic mass is 19.1. The Balaban J connectivity index is 1.38. The number of halogens is 1. The predicted octanol–water partition coefficient (Wildman–Crippen LogP) is 3.41. The zero-order chi connectivity index (χ0) is 16.8. The highest BCUT2D eigenvalue weighted by Crippen LogP contribution is 2.19. The van der Waals surface area contributed by atoms with Crippen LogP contribution in [0.15, 0.2) is 24.3 Å². The van der Waals surface area contributed by atoms with E-state index in [0.717, 1.165) is 32.3 Å². The van der Waals surface area contributed by atoms with Gasteiger partial charge >= 0.3 is 6.03 Å². The average molecular weight is 336 g/mol. The van der Waals surface area contributed by atoms with Gasteiger partial charge in [0.2, 0.25) is 0 Å². The van der Waals surface area contributed by atoms with Gasteiger partial charge in [-0.05, 0) is 50.3 Å². The molecule has 1 aromatic carbocycles. The number of amides is 2. The van der Waals surface area contributed by atoms with Crippen molar-refractivity contribution in [2.24, 2.45) is 0 Å². The maximum Gasteiger partial charge on any atom is 0.321 e. The van der Waals surface area contributed by atoms with Crippen molar-refractivity contribution >= 4 is 11.7 Å². The van der Waals surface area contributed by atoms with Crippen LogP contribution in [-0.4, -0.2) is 49.4 Å². The zero-order valence-electron chi connectivity index (χ0n) is 13.9. The summed E-state index contributed by atoms with van der Waals surface area (Å²) < 4.78 is 24.8. The van der Waals surface area contributed by atoms with Gasteiger partial charge in [0.05, 0.1) is 18.8 Å². The number of rotatable bonds is 4. The molecule has 0 aromatic heterocycles. The quantitative estimate of drug-likeness (QED) is 0.917. The van der Waals surface area contributed by atoms with Crippen molar-refractivity contribution in [1.29, 1.82) is 0 Å². The number of nitrogens with zero attached hydrogens (tertiary/aromatic N) is 1.